The van der Waals surface area contributed by atoms with Gasteiger partial charge in [0.25, 0.3) is 10.2 Å². The van der Waals surface area contributed by atoms with Crippen LogP contribution in [0.25, 0.3) is 0 Å². The van der Waals surface area contributed by atoms with Gasteiger partial charge in [0.05, 0.1) is 0 Å². The van der Waals surface area contributed by atoms with Crippen LogP contribution in [0, 0.1) is 0 Å². The summed E-state index contributed by atoms with van der Waals surface area (Å²) in [5, 5.41) is 0. The van der Waals surface area contributed by atoms with Crippen molar-refractivity contribution in [2.75, 3.05) is 21.1 Å². The molecule has 0 unspecified atom stereocenters. The van der Waals surface area contributed by atoms with Crippen LogP contribution in [0.5, 0.6) is 0 Å². The Morgan fingerprint density at radius 3 is 2.44 bits per heavy atom. The number of thiocarbonyl (C=S) groups is 1. The predicted octanol–water partition coefficient (Wildman–Crippen LogP) is 0.559. The maximum Gasteiger partial charge on any atom is 0.281 e. The molecule has 2 N–H and O–H groups in total. The van der Waals surface area contributed by atoms with Crippen LogP contribution in [0.2, 0.25) is 0 Å². The molecule has 0 aliphatic rings. The highest BCUT2D eigenvalue weighted by Crippen LogP contribution is 2.11. The smallest absolute Gasteiger partial charge is 0.281 e. The minimum absolute atomic E-state index is 0.275. The molecule has 0 bridgehead atoms. The lowest BCUT2D eigenvalue weighted by Gasteiger charge is -2.21. The molecule has 0 aromatic heterocycles. The fourth-order valence-electron chi connectivity index (χ4n) is 1.44. The normalized spacial score (nSPS) is 12.1. The lowest BCUT2D eigenvalue weighted by molar-refractivity contribution is 0.414. The molecule has 0 heterocycles. The highest BCUT2D eigenvalue weighted by Gasteiger charge is 2.20. The number of rotatable bonds is 5. The number of nitrogens with zero attached hydrogens (tertiary/aromatic N) is 2. The Morgan fingerprint density at radius 2 is 1.94 bits per heavy atom. The van der Waals surface area contributed by atoms with Crippen LogP contribution in [0.15, 0.2) is 24.3 Å². The Bertz CT molecular complexity index is 541. The van der Waals surface area contributed by atoms with Crippen LogP contribution in [0.1, 0.15) is 11.1 Å². The van der Waals surface area contributed by atoms with Crippen LogP contribution in [-0.2, 0) is 16.8 Å². The maximum absolute atomic E-state index is 11.9. The summed E-state index contributed by atoms with van der Waals surface area (Å²) < 4.78 is 26.2. The molecule has 0 aliphatic heterocycles. The minimum Gasteiger partial charge on any atom is -0.389 e. The molecule has 18 heavy (non-hydrogen) atoms. The summed E-state index contributed by atoms with van der Waals surface area (Å²) in [6, 6.07) is 7.24. The first kappa shape index (κ1) is 15.0. The van der Waals surface area contributed by atoms with Gasteiger partial charge in [-0.15, -0.1) is 0 Å². The molecule has 0 saturated carbocycles. The zero-order valence-corrected chi connectivity index (χ0v) is 12.3. The van der Waals surface area contributed by atoms with E-state index in [-0.39, 0.29) is 6.54 Å². The summed E-state index contributed by atoms with van der Waals surface area (Å²) >= 11 is 4.89. The molecule has 7 heteroatoms. The third-order valence-corrected chi connectivity index (χ3v) is 4.55. The van der Waals surface area contributed by atoms with Gasteiger partial charge in [0.2, 0.25) is 0 Å². The van der Waals surface area contributed by atoms with Crippen molar-refractivity contribution in [2.24, 2.45) is 5.73 Å². The average molecular weight is 287 g/mol. The van der Waals surface area contributed by atoms with Crippen LogP contribution < -0.4 is 5.73 Å². The lowest BCUT2D eigenvalue weighted by Crippen LogP contribution is -2.36. The van der Waals surface area contributed by atoms with Gasteiger partial charge in [0, 0.05) is 33.3 Å². The number of benzene rings is 1. The van der Waals surface area contributed by atoms with E-state index < -0.39 is 10.2 Å². The summed E-state index contributed by atoms with van der Waals surface area (Å²) in [6.07, 6.45) is 0. The average Bonchev–Trinajstić information content (AvgIpc) is 2.28. The van der Waals surface area contributed by atoms with Gasteiger partial charge < -0.3 is 5.73 Å². The van der Waals surface area contributed by atoms with Gasteiger partial charge in [-0.1, -0.05) is 30.4 Å². The lowest BCUT2D eigenvalue weighted by atomic mass is 10.1. The molecule has 5 nitrogen and oxygen atoms in total. The van der Waals surface area contributed by atoms with E-state index in [0.717, 1.165) is 11.1 Å². The van der Waals surface area contributed by atoms with Crippen molar-refractivity contribution in [1.29, 1.82) is 0 Å². The SMILES string of the molecule is CN(C)S(=O)(=O)N(C)Cc1cccc(C(N)=S)c1. The first-order valence-electron chi connectivity index (χ1n) is 5.27. The van der Waals surface area contributed by atoms with E-state index in [4.69, 9.17) is 18.0 Å². The second-order valence-corrected chi connectivity index (χ2v) is 6.80. The fourth-order valence-corrected chi connectivity index (χ4v) is 2.44. The van der Waals surface area contributed by atoms with Crippen molar-refractivity contribution in [3.05, 3.63) is 35.4 Å². The fraction of sp³-hybridized carbons (Fsp3) is 0.364. The Balaban J connectivity index is 2.92. The van der Waals surface area contributed by atoms with Crippen molar-refractivity contribution < 1.29 is 8.42 Å². The summed E-state index contributed by atoms with van der Waals surface area (Å²) in [6.45, 7) is 0.275. The molecule has 1 aromatic rings. The molecule has 100 valence electrons. The molecule has 1 aromatic carbocycles. The van der Waals surface area contributed by atoms with Gasteiger partial charge >= 0.3 is 0 Å². The largest absolute Gasteiger partial charge is 0.389 e. The van der Waals surface area contributed by atoms with Crippen LogP contribution >= 0.6 is 12.2 Å². The summed E-state index contributed by atoms with van der Waals surface area (Å²) in [5.41, 5.74) is 7.11. The number of hydrogen-bond donors (Lipinski definition) is 1. The summed E-state index contributed by atoms with van der Waals surface area (Å²) in [5.74, 6) is 0. The van der Waals surface area contributed by atoms with Crippen molar-refractivity contribution in [1.82, 2.24) is 8.61 Å². The van der Waals surface area contributed by atoms with E-state index in [1.165, 1.54) is 29.8 Å². The first-order chi connectivity index (χ1) is 8.25. The van der Waals surface area contributed by atoms with Gasteiger partial charge in [-0.3, -0.25) is 0 Å². The van der Waals surface area contributed by atoms with Crippen LogP contribution in [0.4, 0.5) is 0 Å². The highest BCUT2D eigenvalue weighted by molar-refractivity contribution is 7.86. The van der Waals surface area contributed by atoms with Crippen LogP contribution in [0.3, 0.4) is 0 Å². The van der Waals surface area contributed by atoms with Crippen molar-refractivity contribution >= 4 is 27.4 Å². The second kappa shape index (κ2) is 5.75. The molecular formula is C11H17N3O2S2. The third kappa shape index (κ3) is 3.49. The standard InChI is InChI=1S/C11H17N3O2S2/c1-13(2)18(15,16)14(3)8-9-5-4-6-10(7-9)11(12)17/h4-7H,8H2,1-3H3,(H2,12,17). The number of nitrogens with two attached hydrogens (primary N) is 1. The summed E-state index contributed by atoms with van der Waals surface area (Å²) in [4.78, 5) is 0.301. The molecule has 0 aliphatic carbocycles. The molecule has 1 rings (SSSR count). The van der Waals surface area contributed by atoms with E-state index in [9.17, 15) is 8.42 Å². The Kier molecular flexibility index (Phi) is 4.80. The van der Waals surface area contributed by atoms with Crippen LogP contribution in [-0.4, -0.2) is 43.2 Å². The topological polar surface area (TPSA) is 66.6 Å². The molecule has 0 spiro atoms. The van der Waals surface area contributed by atoms with E-state index >= 15 is 0 Å². The molecule has 0 fully saturated rings. The predicted molar refractivity (Wildman–Crippen MR) is 76.4 cm³/mol. The van der Waals surface area contributed by atoms with Gasteiger partial charge in [0.1, 0.15) is 4.99 Å². The third-order valence-electron chi connectivity index (χ3n) is 2.47. The Labute approximate surface area is 113 Å². The molecule has 0 saturated heterocycles. The van der Waals surface area contributed by atoms with Gasteiger partial charge in [-0.25, -0.2) is 0 Å². The molecular weight excluding hydrogens is 270 g/mol. The zero-order chi connectivity index (χ0) is 13.9. The van der Waals surface area contributed by atoms with E-state index in [0.29, 0.717) is 4.99 Å². The van der Waals surface area contributed by atoms with Crippen molar-refractivity contribution in [3.8, 4) is 0 Å². The van der Waals surface area contributed by atoms with Gasteiger partial charge in [-0.05, 0) is 11.6 Å². The Morgan fingerprint density at radius 1 is 1.33 bits per heavy atom. The Hall–Kier alpha value is -1.02. The van der Waals surface area contributed by atoms with E-state index in [2.05, 4.69) is 0 Å². The quantitative estimate of drug-likeness (QED) is 0.804. The molecule has 0 atom stereocenters. The van der Waals surface area contributed by atoms with Gasteiger partial charge in [0.15, 0.2) is 0 Å². The first-order valence-corrected chi connectivity index (χ1v) is 7.08. The molecule has 0 amide bonds. The van der Waals surface area contributed by atoms with E-state index in [1.54, 1.807) is 18.2 Å². The maximum atomic E-state index is 11.9. The van der Waals surface area contributed by atoms with Crippen molar-refractivity contribution in [3.63, 3.8) is 0 Å². The van der Waals surface area contributed by atoms with E-state index in [1.807, 2.05) is 6.07 Å². The van der Waals surface area contributed by atoms with Crippen molar-refractivity contribution in [2.45, 2.75) is 6.54 Å². The zero-order valence-electron chi connectivity index (χ0n) is 10.6. The highest BCUT2D eigenvalue weighted by atomic mass is 32.2. The summed E-state index contributed by atoms with van der Waals surface area (Å²) in [7, 11) is 1.12. The minimum atomic E-state index is -3.41. The molecule has 0 radical (unpaired) electrons. The number of hydrogen-bond acceptors (Lipinski definition) is 3. The van der Waals surface area contributed by atoms with Gasteiger partial charge in [-0.2, -0.15) is 17.0 Å². The monoisotopic (exact) mass is 287 g/mol. The second-order valence-electron chi connectivity index (χ2n) is 4.11.